The van der Waals surface area contributed by atoms with Gasteiger partial charge in [0.1, 0.15) is 22.5 Å². The Morgan fingerprint density at radius 1 is 0.964 bits per heavy atom. The second-order valence-electron chi connectivity index (χ2n) is 6.87. The maximum atomic E-state index is 12.6. The first-order valence-corrected chi connectivity index (χ1v) is 9.17. The van der Waals surface area contributed by atoms with E-state index >= 15 is 0 Å². The summed E-state index contributed by atoms with van der Waals surface area (Å²) < 4.78 is 17.1. The fraction of sp³-hybridized carbons (Fsp3) is 0.174. The number of hydrogen-bond donors (Lipinski definition) is 1. The predicted octanol–water partition coefficient (Wildman–Crippen LogP) is 5.89. The topological polar surface area (TPSA) is 64.6 Å². The molecule has 1 N–H and O–H groups in total. The van der Waals surface area contributed by atoms with Crippen LogP contribution in [0.5, 0.6) is 5.75 Å². The molecule has 5 nitrogen and oxygen atoms in total. The van der Waals surface area contributed by atoms with Crippen LogP contribution in [0.3, 0.4) is 0 Å². The van der Waals surface area contributed by atoms with Crippen molar-refractivity contribution in [2.45, 2.75) is 26.9 Å². The number of benzene rings is 2. The first-order chi connectivity index (χ1) is 13.5. The Hall–Kier alpha value is -3.47. The fourth-order valence-corrected chi connectivity index (χ4v) is 3.15. The molecule has 0 saturated heterocycles. The van der Waals surface area contributed by atoms with Gasteiger partial charge in [-0.25, -0.2) is 4.79 Å². The minimum atomic E-state index is -0.419. The summed E-state index contributed by atoms with van der Waals surface area (Å²) in [6, 6.07) is 19.0. The number of hydrogen-bond acceptors (Lipinski definition) is 5. The monoisotopic (exact) mass is 375 g/mol. The van der Waals surface area contributed by atoms with Crippen LogP contribution in [0.25, 0.3) is 22.1 Å². The summed E-state index contributed by atoms with van der Waals surface area (Å²) in [6.45, 7) is 5.69. The molecule has 0 aliphatic rings. The standard InChI is InChI=1S/C23H21NO4/c1-14(2)26-18-11-9-16(10-12-18)20-21-19(13-15(3)27-23(21)25)28-22(20)24-17-7-5-4-6-8-17/h4-14,24H,1-3H3. The first-order valence-electron chi connectivity index (χ1n) is 9.17. The number of para-hydroxylation sites is 1. The molecule has 0 radical (unpaired) electrons. The molecule has 0 saturated carbocycles. The molecular weight excluding hydrogens is 354 g/mol. The number of fused-ring (bicyclic) bond motifs is 1. The van der Waals surface area contributed by atoms with Crippen molar-refractivity contribution in [3.05, 3.63) is 76.8 Å². The first kappa shape index (κ1) is 17.9. The van der Waals surface area contributed by atoms with Crippen LogP contribution in [0, 0.1) is 6.92 Å². The number of aryl methyl sites for hydroxylation is 1. The van der Waals surface area contributed by atoms with Crippen molar-refractivity contribution in [1.29, 1.82) is 0 Å². The van der Waals surface area contributed by atoms with Gasteiger partial charge in [-0.15, -0.1) is 0 Å². The van der Waals surface area contributed by atoms with Crippen molar-refractivity contribution in [1.82, 2.24) is 0 Å². The van der Waals surface area contributed by atoms with Crippen molar-refractivity contribution in [2.24, 2.45) is 0 Å². The number of ether oxygens (including phenoxy) is 1. The molecule has 0 aliphatic heterocycles. The van der Waals surface area contributed by atoms with Crippen LogP contribution in [0.1, 0.15) is 19.6 Å². The molecule has 0 aliphatic carbocycles. The smallest absolute Gasteiger partial charge is 0.347 e. The Labute approximate surface area is 162 Å². The maximum absolute atomic E-state index is 12.6. The molecule has 0 bridgehead atoms. The summed E-state index contributed by atoms with van der Waals surface area (Å²) >= 11 is 0. The van der Waals surface area contributed by atoms with E-state index in [0.717, 1.165) is 17.0 Å². The van der Waals surface area contributed by atoms with Gasteiger partial charge in [-0.05, 0) is 50.6 Å². The van der Waals surface area contributed by atoms with Gasteiger partial charge in [0.05, 0.1) is 11.7 Å². The fourth-order valence-electron chi connectivity index (χ4n) is 3.15. The van der Waals surface area contributed by atoms with E-state index in [1.54, 1.807) is 13.0 Å². The third-order valence-corrected chi connectivity index (χ3v) is 4.27. The zero-order valence-electron chi connectivity index (χ0n) is 16.0. The molecule has 142 valence electrons. The van der Waals surface area contributed by atoms with Gasteiger partial charge in [0.15, 0.2) is 0 Å². The Bertz CT molecular complexity index is 1160. The van der Waals surface area contributed by atoms with Gasteiger partial charge in [0, 0.05) is 11.8 Å². The Morgan fingerprint density at radius 2 is 1.68 bits per heavy atom. The zero-order valence-corrected chi connectivity index (χ0v) is 16.0. The lowest BCUT2D eigenvalue weighted by atomic mass is 10.0. The summed E-state index contributed by atoms with van der Waals surface area (Å²) in [7, 11) is 0. The van der Waals surface area contributed by atoms with E-state index < -0.39 is 5.63 Å². The van der Waals surface area contributed by atoms with Crippen molar-refractivity contribution < 1.29 is 13.6 Å². The third-order valence-electron chi connectivity index (χ3n) is 4.27. The quantitative estimate of drug-likeness (QED) is 0.471. The molecule has 28 heavy (non-hydrogen) atoms. The number of anilines is 2. The van der Waals surface area contributed by atoms with E-state index in [4.69, 9.17) is 13.6 Å². The van der Waals surface area contributed by atoms with Gasteiger partial charge in [-0.2, -0.15) is 0 Å². The SMILES string of the molecule is Cc1cc2oc(Nc3ccccc3)c(-c3ccc(OC(C)C)cc3)c2c(=O)o1. The highest BCUT2D eigenvalue weighted by Crippen LogP contribution is 2.39. The molecule has 5 heteroatoms. The summed E-state index contributed by atoms with van der Waals surface area (Å²) in [5.41, 5.74) is 2.44. The van der Waals surface area contributed by atoms with Gasteiger partial charge >= 0.3 is 5.63 Å². The summed E-state index contributed by atoms with van der Waals surface area (Å²) in [6.07, 6.45) is 0.0888. The Morgan fingerprint density at radius 3 is 2.36 bits per heavy atom. The average molecular weight is 375 g/mol. The van der Waals surface area contributed by atoms with Crippen molar-refractivity contribution in [3.8, 4) is 16.9 Å². The van der Waals surface area contributed by atoms with Crippen LogP contribution in [-0.2, 0) is 0 Å². The molecule has 4 rings (SSSR count). The van der Waals surface area contributed by atoms with E-state index in [-0.39, 0.29) is 6.10 Å². The number of nitrogens with one attached hydrogen (secondary N) is 1. The molecule has 4 aromatic rings. The molecule has 2 aromatic heterocycles. The highest BCUT2D eigenvalue weighted by molar-refractivity contribution is 6.00. The number of furan rings is 1. The van der Waals surface area contributed by atoms with Crippen LogP contribution in [0.2, 0.25) is 0 Å². The van der Waals surface area contributed by atoms with E-state index in [0.29, 0.717) is 28.2 Å². The molecule has 0 atom stereocenters. The normalized spacial score (nSPS) is 11.1. The van der Waals surface area contributed by atoms with E-state index in [1.807, 2.05) is 68.4 Å². The zero-order chi connectivity index (χ0) is 19.7. The van der Waals surface area contributed by atoms with Gasteiger partial charge in [0.25, 0.3) is 0 Å². The van der Waals surface area contributed by atoms with Crippen molar-refractivity contribution in [2.75, 3.05) is 5.32 Å². The van der Waals surface area contributed by atoms with Crippen LogP contribution < -0.4 is 15.7 Å². The molecule has 0 fully saturated rings. The van der Waals surface area contributed by atoms with E-state index in [1.165, 1.54) is 0 Å². The van der Waals surface area contributed by atoms with Crippen LogP contribution >= 0.6 is 0 Å². The highest BCUT2D eigenvalue weighted by atomic mass is 16.5. The highest BCUT2D eigenvalue weighted by Gasteiger charge is 2.21. The summed E-state index contributed by atoms with van der Waals surface area (Å²) in [5.74, 6) is 1.77. The molecule has 0 spiro atoms. The molecular formula is C23H21NO4. The second kappa shape index (κ2) is 7.27. The third kappa shape index (κ3) is 3.51. The van der Waals surface area contributed by atoms with Crippen LogP contribution in [0.4, 0.5) is 11.6 Å². The van der Waals surface area contributed by atoms with Crippen LogP contribution in [-0.4, -0.2) is 6.10 Å². The van der Waals surface area contributed by atoms with Crippen molar-refractivity contribution >= 4 is 22.5 Å². The van der Waals surface area contributed by atoms with Gasteiger partial charge in [0.2, 0.25) is 5.88 Å². The Balaban J connectivity index is 1.87. The lowest BCUT2D eigenvalue weighted by Gasteiger charge is -2.10. The minimum absolute atomic E-state index is 0.0888. The lowest BCUT2D eigenvalue weighted by molar-refractivity contribution is 0.242. The molecule has 2 heterocycles. The van der Waals surface area contributed by atoms with Gasteiger partial charge in [-0.1, -0.05) is 30.3 Å². The number of rotatable bonds is 5. The lowest BCUT2D eigenvalue weighted by Crippen LogP contribution is -2.05. The van der Waals surface area contributed by atoms with Crippen LogP contribution in [0.15, 0.2) is 74.3 Å². The van der Waals surface area contributed by atoms with Crippen molar-refractivity contribution in [3.63, 3.8) is 0 Å². The van der Waals surface area contributed by atoms with E-state index in [2.05, 4.69) is 5.32 Å². The van der Waals surface area contributed by atoms with Gasteiger partial charge in [-0.3, -0.25) is 0 Å². The predicted molar refractivity (Wildman–Crippen MR) is 110 cm³/mol. The minimum Gasteiger partial charge on any atom is -0.491 e. The molecule has 0 unspecified atom stereocenters. The largest absolute Gasteiger partial charge is 0.491 e. The summed E-state index contributed by atoms with van der Waals surface area (Å²) in [4.78, 5) is 12.6. The second-order valence-corrected chi connectivity index (χ2v) is 6.87. The average Bonchev–Trinajstić information content (AvgIpc) is 3.00. The summed E-state index contributed by atoms with van der Waals surface area (Å²) in [5, 5.41) is 3.69. The van der Waals surface area contributed by atoms with Gasteiger partial charge < -0.3 is 18.9 Å². The maximum Gasteiger partial charge on any atom is 0.347 e. The molecule has 0 amide bonds. The molecule has 2 aromatic carbocycles. The Kier molecular flexibility index (Phi) is 4.65. The van der Waals surface area contributed by atoms with E-state index in [9.17, 15) is 4.79 Å².